The van der Waals surface area contributed by atoms with Crippen molar-refractivity contribution < 1.29 is 13.9 Å². The Morgan fingerprint density at radius 3 is 2.36 bits per heavy atom. The van der Waals surface area contributed by atoms with Gasteiger partial charge in [0, 0.05) is 11.3 Å². The van der Waals surface area contributed by atoms with Gasteiger partial charge in [0.15, 0.2) is 0 Å². The van der Waals surface area contributed by atoms with Crippen LogP contribution in [0.3, 0.4) is 0 Å². The summed E-state index contributed by atoms with van der Waals surface area (Å²) in [6.07, 6.45) is 4.28. The van der Waals surface area contributed by atoms with Gasteiger partial charge in [-0.05, 0) is 69.4 Å². The van der Waals surface area contributed by atoms with E-state index in [9.17, 15) is 9.18 Å². The van der Waals surface area contributed by atoms with Crippen molar-refractivity contribution in [1.29, 1.82) is 0 Å². The molecule has 0 aliphatic heterocycles. The van der Waals surface area contributed by atoms with Gasteiger partial charge in [0.25, 0.3) is 0 Å². The summed E-state index contributed by atoms with van der Waals surface area (Å²) in [5.41, 5.74) is 2.43. The summed E-state index contributed by atoms with van der Waals surface area (Å²) in [7, 11) is 0. The average molecular weight is 384 g/mol. The minimum Gasteiger partial charge on any atom is -0.490 e. The molecule has 1 N–H and O–H groups in total. The smallest absolute Gasteiger partial charge is 0.235 e. The second kappa shape index (κ2) is 8.34. The van der Waals surface area contributed by atoms with Crippen LogP contribution in [0.15, 0.2) is 36.4 Å². The number of amides is 1. The number of carbonyl (C=O) groups excluding carboxylic acids is 1. The first-order valence-electron chi connectivity index (χ1n) is 10.2. The summed E-state index contributed by atoms with van der Waals surface area (Å²) < 4.78 is 20.6. The molecule has 0 bridgehead atoms. The molecule has 1 aliphatic rings. The lowest BCUT2D eigenvalue weighted by molar-refractivity contribution is -0.121. The van der Waals surface area contributed by atoms with Gasteiger partial charge in [0.05, 0.1) is 11.5 Å². The van der Waals surface area contributed by atoms with E-state index in [0.717, 1.165) is 41.8 Å². The first-order chi connectivity index (χ1) is 13.4. The van der Waals surface area contributed by atoms with Gasteiger partial charge in [-0.3, -0.25) is 4.79 Å². The lowest BCUT2D eigenvalue weighted by atomic mass is 9.77. The van der Waals surface area contributed by atoms with Crippen molar-refractivity contribution >= 4 is 11.6 Å². The fourth-order valence-corrected chi connectivity index (χ4v) is 4.19. The second-order valence-electron chi connectivity index (χ2n) is 8.00. The quantitative estimate of drug-likeness (QED) is 0.657. The molecule has 3 rings (SSSR count). The molecule has 0 unspecified atom stereocenters. The van der Waals surface area contributed by atoms with E-state index in [-0.39, 0.29) is 17.8 Å². The molecule has 150 valence electrons. The fraction of sp³-hybridized carbons (Fsp3) is 0.458. The topological polar surface area (TPSA) is 38.3 Å². The highest BCUT2D eigenvalue weighted by molar-refractivity contribution is 5.99. The Bertz CT molecular complexity index is 832. The predicted octanol–water partition coefficient (Wildman–Crippen LogP) is 6.07. The highest BCUT2D eigenvalue weighted by atomic mass is 19.1. The van der Waals surface area contributed by atoms with E-state index in [4.69, 9.17) is 4.74 Å². The highest BCUT2D eigenvalue weighted by Crippen LogP contribution is 2.43. The van der Waals surface area contributed by atoms with Crippen LogP contribution < -0.4 is 10.1 Å². The molecule has 3 nitrogen and oxygen atoms in total. The molecule has 1 aliphatic carbocycles. The zero-order valence-corrected chi connectivity index (χ0v) is 17.3. The van der Waals surface area contributed by atoms with Gasteiger partial charge < -0.3 is 10.1 Å². The van der Waals surface area contributed by atoms with Crippen molar-refractivity contribution in [1.82, 2.24) is 0 Å². The fourth-order valence-electron chi connectivity index (χ4n) is 4.19. The van der Waals surface area contributed by atoms with E-state index in [2.05, 4.69) is 12.2 Å². The number of nitrogens with one attached hydrogen (secondary N) is 1. The molecule has 28 heavy (non-hydrogen) atoms. The minimum atomic E-state index is -0.793. The Balaban J connectivity index is 1.88. The predicted molar refractivity (Wildman–Crippen MR) is 111 cm³/mol. The van der Waals surface area contributed by atoms with Crippen LogP contribution in [0.2, 0.25) is 0 Å². The maximum atomic E-state index is 14.5. The summed E-state index contributed by atoms with van der Waals surface area (Å²) >= 11 is 0. The number of aryl methyl sites for hydroxylation is 2. The molecule has 1 amide bonds. The Kier molecular flexibility index (Phi) is 6.07. The molecule has 0 radical (unpaired) electrons. The number of halogens is 1. The van der Waals surface area contributed by atoms with Crippen LogP contribution in [0.4, 0.5) is 10.1 Å². The van der Waals surface area contributed by atoms with Crippen LogP contribution in [0.25, 0.3) is 0 Å². The SMILES string of the molecule is CC[C@H](C)Oc1c(C)cc(NC(=O)C2(c3ccccc3F)CCCC2)cc1C. The first kappa shape index (κ1) is 20.4. The third-order valence-electron chi connectivity index (χ3n) is 5.89. The number of carbonyl (C=O) groups is 1. The summed E-state index contributed by atoms with van der Waals surface area (Å²) in [5.74, 6) is 0.450. The van der Waals surface area contributed by atoms with Gasteiger partial charge in [-0.2, -0.15) is 0 Å². The van der Waals surface area contributed by atoms with Crippen LogP contribution in [-0.4, -0.2) is 12.0 Å². The Morgan fingerprint density at radius 2 is 1.79 bits per heavy atom. The van der Waals surface area contributed by atoms with Crippen molar-refractivity contribution in [2.24, 2.45) is 0 Å². The Labute approximate surface area is 167 Å². The van der Waals surface area contributed by atoms with Crippen molar-refractivity contribution in [3.05, 3.63) is 58.9 Å². The monoisotopic (exact) mass is 383 g/mol. The van der Waals surface area contributed by atoms with Crippen LogP contribution in [0.1, 0.15) is 62.6 Å². The van der Waals surface area contributed by atoms with Gasteiger partial charge in [-0.1, -0.05) is 38.0 Å². The van der Waals surface area contributed by atoms with E-state index in [1.807, 2.05) is 32.9 Å². The van der Waals surface area contributed by atoms with E-state index >= 15 is 0 Å². The molecular formula is C24H30FNO2. The molecule has 4 heteroatoms. The Morgan fingerprint density at radius 1 is 1.18 bits per heavy atom. The van der Waals surface area contributed by atoms with Crippen LogP contribution in [-0.2, 0) is 10.2 Å². The van der Waals surface area contributed by atoms with E-state index in [1.165, 1.54) is 6.07 Å². The van der Waals surface area contributed by atoms with Crippen LogP contribution in [0, 0.1) is 19.7 Å². The molecule has 0 aromatic heterocycles. The third-order valence-corrected chi connectivity index (χ3v) is 5.89. The van der Waals surface area contributed by atoms with E-state index < -0.39 is 5.41 Å². The standard InChI is InChI=1S/C24H30FNO2/c1-5-18(4)28-22-16(2)14-19(15-17(22)3)26-23(27)24(12-8-9-13-24)20-10-6-7-11-21(20)25/h6-7,10-11,14-15,18H,5,8-9,12-13H2,1-4H3,(H,26,27)/t18-/m0/s1. The molecule has 0 saturated heterocycles. The van der Waals surface area contributed by atoms with Gasteiger partial charge in [-0.25, -0.2) is 4.39 Å². The molecule has 1 atom stereocenters. The lowest BCUT2D eigenvalue weighted by Crippen LogP contribution is -2.38. The van der Waals surface area contributed by atoms with Gasteiger partial charge >= 0.3 is 0 Å². The van der Waals surface area contributed by atoms with E-state index in [1.54, 1.807) is 18.2 Å². The molecule has 1 saturated carbocycles. The number of rotatable bonds is 6. The molecule has 0 spiro atoms. The number of hydrogen-bond acceptors (Lipinski definition) is 2. The molecule has 2 aromatic carbocycles. The molecule has 1 fully saturated rings. The number of anilines is 1. The van der Waals surface area contributed by atoms with Crippen molar-refractivity contribution in [2.75, 3.05) is 5.32 Å². The minimum absolute atomic E-state index is 0.121. The van der Waals surface area contributed by atoms with Crippen molar-refractivity contribution in [3.8, 4) is 5.75 Å². The second-order valence-corrected chi connectivity index (χ2v) is 8.00. The maximum absolute atomic E-state index is 14.5. The number of benzene rings is 2. The maximum Gasteiger partial charge on any atom is 0.235 e. The van der Waals surface area contributed by atoms with Crippen LogP contribution >= 0.6 is 0 Å². The summed E-state index contributed by atoms with van der Waals surface area (Å²) in [6, 6.07) is 10.5. The van der Waals surface area contributed by atoms with Gasteiger partial charge in [0.1, 0.15) is 11.6 Å². The highest BCUT2D eigenvalue weighted by Gasteiger charge is 2.44. The van der Waals surface area contributed by atoms with Crippen molar-refractivity contribution in [3.63, 3.8) is 0 Å². The van der Waals surface area contributed by atoms with Gasteiger partial charge in [-0.15, -0.1) is 0 Å². The molecule has 0 heterocycles. The number of ether oxygens (including phenoxy) is 1. The average Bonchev–Trinajstić information content (AvgIpc) is 3.16. The summed E-state index contributed by atoms with van der Waals surface area (Å²) in [5, 5.41) is 3.07. The molecular weight excluding hydrogens is 353 g/mol. The zero-order valence-electron chi connectivity index (χ0n) is 17.3. The largest absolute Gasteiger partial charge is 0.490 e. The number of hydrogen-bond donors (Lipinski definition) is 1. The summed E-state index contributed by atoms with van der Waals surface area (Å²) in [6.45, 7) is 8.12. The first-order valence-corrected chi connectivity index (χ1v) is 10.2. The normalized spacial score (nSPS) is 16.6. The zero-order chi connectivity index (χ0) is 20.3. The lowest BCUT2D eigenvalue weighted by Gasteiger charge is -2.29. The third kappa shape index (κ3) is 3.91. The Hall–Kier alpha value is -2.36. The van der Waals surface area contributed by atoms with Crippen molar-refractivity contribution in [2.45, 2.75) is 71.3 Å². The molecule has 2 aromatic rings. The van der Waals surface area contributed by atoms with Gasteiger partial charge in [0.2, 0.25) is 5.91 Å². The van der Waals surface area contributed by atoms with E-state index in [0.29, 0.717) is 18.4 Å². The summed E-state index contributed by atoms with van der Waals surface area (Å²) in [4.78, 5) is 13.3. The van der Waals surface area contributed by atoms with Crippen LogP contribution in [0.5, 0.6) is 5.75 Å².